The monoisotopic (exact) mass is 213 g/mol. The molecule has 1 aliphatic rings. The third kappa shape index (κ3) is 3.13. The molecule has 5 N–H and O–H groups in total. The Morgan fingerprint density at radius 3 is 2.43 bits per heavy atom. The number of aliphatic carboxylic acids is 1. The van der Waals surface area contributed by atoms with E-state index in [4.69, 9.17) is 10.8 Å². The van der Waals surface area contributed by atoms with Crippen molar-refractivity contribution in [3.05, 3.63) is 0 Å². The molecule has 5 nitrogen and oxygen atoms in total. The van der Waals surface area contributed by atoms with Gasteiger partial charge in [-0.3, -0.25) is 15.4 Å². The first-order chi connectivity index (χ1) is 6.30. The van der Waals surface area contributed by atoms with Gasteiger partial charge in [-0.05, 0) is 0 Å². The van der Waals surface area contributed by atoms with Crippen molar-refractivity contribution < 1.29 is 23.1 Å². The van der Waals surface area contributed by atoms with Crippen LogP contribution < -0.4 is 16.4 Å². The van der Waals surface area contributed by atoms with Crippen LogP contribution in [-0.4, -0.2) is 35.6 Å². The van der Waals surface area contributed by atoms with Crippen LogP contribution in [0.2, 0.25) is 0 Å². The van der Waals surface area contributed by atoms with Crippen LogP contribution in [0, 0.1) is 0 Å². The summed E-state index contributed by atoms with van der Waals surface area (Å²) in [6.07, 6.45) is -6.77. The van der Waals surface area contributed by atoms with Crippen molar-refractivity contribution in [2.45, 2.75) is 31.0 Å². The summed E-state index contributed by atoms with van der Waals surface area (Å²) in [4.78, 5) is 10.1. The minimum Gasteiger partial charge on any atom is -0.481 e. The molecular formula is C6H10F3N3O2. The van der Waals surface area contributed by atoms with Gasteiger partial charge in [-0.25, -0.2) is 0 Å². The Morgan fingerprint density at radius 1 is 1.64 bits per heavy atom. The Bertz CT molecular complexity index is 233. The maximum atomic E-state index is 12.2. The smallest absolute Gasteiger partial charge is 0.404 e. The number of hydrogen-bond donors (Lipinski definition) is 4. The van der Waals surface area contributed by atoms with Crippen LogP contribution in [0.1, 0.15) is 6.42 Å². The number of halogens is 3. The second-order valence-corrected chi connectivity index (χ2v) is 3.03. The highest BCUT2D eigenvalue weighted by atomic mass is 19.4. The average molecular weight is 213 g/mol. The van der Waals surface area contributed by atoms with Gasteiger partial charge in [0.25, 0.3) is 0 Å². The maximum Gasteiger partial charge on any atom is 0.404 e. The van der Waals surface area contributed by atoms with Crippen molar-refractivity contribution in [1.29, 1.82) is 0 Å². The van der Waals surface area contributed by atoms with Crippen molar-refractivity contribution in [3.63, 3.8) is 0 Å². The first-order valence-corrected chi connectivity index (χ1v) is 3.87. The summed E-state index contributed by atoms with van der Waals surface area (Å²) in [6, 6.07) is -2.06. The molecule has 8 heteroatoms. The number of carboxylic acid groups (broad SMARTS) is 1. The standard InChI is InChI=1S/C6H10F3N3O2/c7-6(8,9)2(1-3(13)14)11-5-4(10)12-5/h2,4-5,11-12H,1,10H2,(H,13,14)/t2-,4?,5?/m1/s1. The molecule has 1 heterocycles. The SMILES string of the molecule is NC1NC1N[C@H](CC(=O)O)C(F)(F)F. The van der Waals surface area contributed by atoms with Gasteiger partial charge in [0.05, 0.1) is 18.8 Å². The fourth-order valence-electron chi connectivity index (χ4n) is 0.964. The molecule has 0 radical (unpaired) electrons. The fourth-order valence-corrected chi connectivity index (χ4v) is 0.964. The lowest BCUT2D eigenvalue weighted by Crippen LogP contribution is -2.46. The molecule has 14 heavy (non-hydrogen) atoms. The van der Waals surface area contributed by atoms with Gasteiger partial charge in [-0.1, -0.05) is 0 Å². The molecule has 0 aliphatic carbocycles. The zero-order chi connectivity index (χ0) is 10.9. The van der Waals surface area contributed by atoms with E-state index in [0.29, 0.717) is 0 Å². The molecule has 1 fully saturated rings. The lowest BCUT2D eigenvalue weighted by atomic mass is 10.2. The molecule has 0 aromatic carbocycles. The molecule has 0 amide bonds. The van der Waals surface area contributed by atoms with Gasteiger partial charge < -0.3 is 10.8 Å². The molecular weight excluding hydrogens is 203 g/mol. The van der Waals surface area contributed by atoms with Gasteiger partial charge in [0, 0.05) is 0 Å². The van der Waals surface area contributed by atoms with Crippen LogP contribution in [0.25, 0.3) is 0 Å². The van der Waals surface area contributed by atoms with Gasteiger partial charge in [0.1, 0.15) is 6.04 Å². The lowest BCUT2D eigenvalue weighted by Gasteiger charge is -2.19. The van der Waals surface area contributed by atoms with Crippen molar-refractivity contribution in [2.75, 3.05) is 0 Å². The van der Waals surface area contributed by atoms with E-state index in [-0.39, 0.29) is 0 Å². The fraction of sp³-hybridized carbons (Fsp3) is 0.833. The van der Waals surface area contributed by atoms with Gasteiger partial charge in [0.2, 0.25) is 0 Å². The van der Waals surface area contributed by atoms with Crippen molar-refractivity contribution >= 4 is 5.97 Å². The summed E-state index contributed by atoms with van der Waals surface area (Å²) in [5.74, 6) is -1.51. The molecule has 1 rings (SSSR count). The summed E-state index contributed by atoms with van der Waals surface area (Å²) in [6.45, 7) is 0. The minimum atomic E-state index is -4.58. The summed E-state index contributed by atoms with van der Waals surface area (Å²) in [5, 5.41) is 12.8. The lowest BCUT2D eigenvalue weighted by molar-refractivity contribution is -0.167. The van der Waals surface area contributed by atoms with Gasteiger partial charge in [-0.15, -0.1) is 0 Å². The molecule has 1 saturated heterocycles. The summed E-state index contributed by atoms with van der Waals surface area (Å²) in [5.41, 5.74) is 5.20. The van der Waals surface area contributed by atoms with E-state index in [1.54, 1.807) is 0 Å². The van der Waals surface area contributed by atoms with Gasteiger partial charge in [-0.2, -0.15) is 13.2 Å². The predicted molar refractivity (Wildman–Crippen MR) is 40.1 cm³/mol. The molecule has 1 aliphatic heterocycles. The highest BCUT2D eigenvalue weighted by Gasteiger charge is 2.45. The van der Waals surface area contributed by atoms with Crippen LogP contribution in [0.15, 0.2) is 0 Å². The summed E-state index contributed by atoms with van der Waals surface area (Å²) < 4.78 is 36.6. The van der Waals surface area contributed by atoms with E-state index >= 15 is 0 Å². The van der Waals surface area contributed by atoms with E-state index in [9.17, 15) is 18.0 Å². The molecule has 2 unspecified atom stereocenters. The third-order valence-corrected chi connectivity index (χ3v) is 1.78. The van der Waals surface area contributed by atoms with Crippen LogP contribution in [0.4, 0.5) is 13.2 Å². The number of rotatable bonds is 4. The van der Waals surface area contributed by atoms with E-state index in [1.165, 1.54) is 0 Å². The zero-order valence-corrected chi connectivity index (χ0v) is 7.01. The largest absolute Gasteiger partial charge is 0.481 e. The first kappa shape index (κ1) is 11.2. The van der Waals surface area contributed by atoms with Crippen molar-refractivity contribution in [3.8, 4) is 0 Å². The summed E-state index contributed by atoms with van der Waals surface area (Å²) >= 11 is 0. The Morgan fingerprint density at radius 2 is 2.14 bits per heavy atom. The highest BCUT2D eigenvalue weighted by Crippen LogP contribution is 2.23. The third-order valence-electron chi connectivity index (χ3n) is 1.78. The normalized spacial score (nSPS) is 28.6. The topological polar surface area (TPSA) is 97.3 Å². The van der Waals surface area contributed by atoms with E-state index in [1.807, 2.05) is 0 Å². The molecule has 0 saturated carbocycles. The van der Waals surface area contributed by atoms with Crippen LogP contribution in [0.5, 0.6) is 0 Å². The zero-order valence-electron chi connectivity index (χ0n) is 7.01. The first-order valence-electron chi connectivity index (χ1n) is 3.87. The second-order valence-electron chi connectivity index (χ2n) is 3.03. The van der Waals surface area contributed by atoms with Gasteiger partial charge >= 0.3 is 12.1 Å². The van der Waals surface area contributed by atoms with Crippen LogP contribution in [0.3, 0.4) is 0 Å². The van der Waals surface area contributed by atoms with Crippen molar-refractivity contribution in [2.24, 2.45) is 5.73 Å². The van der Waals surface area contributed by atoms with Gasteiger partial charge in [0.15, 0.2) is 0 Å². The number of alkyl halides is 3. The number of nitrogens with two attached hydrogens (primary N) is 1. The Kier molecular flexibility index (Phi) is 2.98. The predicted octanol–water partition coefficient (Wildman–Crippen LogP) is -0.804. The Hall–Kier alpha value is -0.860. The number of nitrogens with one attached hydrogen (secondary N) is 2. The molecule has 0 aromatic rings. The molecule has 82 valence electrons. The molecule has 0 aromatic heterocycles. The van der Waals surface area contributed by atoms with E-state index < -0.39 is 36.9 Å². The van der Waals surface area contributed by atoms with Crippen molar-refractivity contribution in [1.82, 2.24) is 10.6 Å². The molecule has 0 bridgehead atoms. The minimum absolute atomic E-state index is 0.534. The van der Waals surface area contributed by atoms with E-state index in [0.717, 1.165) is 0 Å². The number of hydrogen-bond acceptors (Lipinski definition) is 4. The highest BCUT2D eigenvalue weighted by molar-refractivity contribution is 5.67. The number of carbonyl (C=O) groups is 1. The summed E-state index contributed by atoms with van der Waals surface area (Å²) in [7, 11) is 0. The van der Waals surface area contributed by atoms with Crippen LogP contribution >= 0.6 is 0 Å². The average Bonchev–Trinajstić information content (AvgIpc) is 2.62. The maximum absolute atomic E-state index is 12.2. The number of carboxylic acids is 1. The Balaban J connectivity index is 2.48. The second kappa shape index (κ2) is 3.71. The Labute approximate surface area is 77.5 Å². The molecule has 3 atom stereocenters. The quantitative estimate of drug-likeness (QED) is 0.458. The van der Waals surface area contributed by atoms with Crippen LogP contribution in [-0.2, 0) is 4.79 Å². The van der Waals surface area contributed by atoms with E-state index in [2.05, 4.69) is 10.6 Å². The molecule has 0 spiro atoms.